The van der Waals surface area contributed by atoms with E-state index in [9.17, 15) is 0 Å². The van der Waals surface area contributed by atoms with E-state index >= 15 is 0 Å². The Kier molecular flexibility index (Phi) is 3.50. The minimum absolute atomic E-state index is 0.235. The molecule has 1 aliphatic carbocycles. The Morgan fingerprint density at radius 3 is 2.81 bits per heavy atom. The SMILES string of the molecule is Clc1nc(-c2cc(Br)c3c(c2)OCO3)nc(C2CC2)c1I. The third-order valence-electron chi connectivity index (χ3n) is 3.49. The molecule has 0 atom stereocenters. The fraction of sp³-hybridized carbons (Fsp3) is 0.286. The molecule has 1 aromatic heterocycles. The molecule has 0 N–H and O–H groups in total. The van der Waals surface area contributed by atoms with Gasteiger partial charge in [0.05, 0.1) is 13.7 Å². The van der Waals surface area contributed by atoms with Crippen molar-refractivity contribution >= 4 is 50.1 Å². The number of ether oxygens (including phenoxy) is 2. The number of hydrogen-bond donors (Lipinski definition) is 0. The Balaban J connectivity index is 1.85. The molecule has 0 bridgehead atoms. The molecular formula is C14H9BrClIN2O2. The molecular weight excluding hydrogens is 470 g/mol. The predicted octanol–water partition coefficient (Wildman–Crippen LogP) is 4.77. The van der Waals surface area contributed by atoms with Crippen LogP contribution in [0.25, 0.3) is 11.4 Å². The molecule has 0 saturated heterocycles. The third kappa shape index (κ3) is 2.51. The number of fused-ring (bicyclic) bond motifs is 1. The summed E-state index contributed by atoms with van der Waals surface area (Å²) < 4.78 is 12.6. The largest absolute Gasteiger partial charge is 0.454 e. The first-order valence-corrected chi connectivity index (χ1v) is 8.71. The highest BCUT2D eigenvalue weighted by Crippen LogP contribution is 2.45. The van der Waals surface area contributed by atoms with E-state index < -0.39 is 0 Å². The molecule has 2 aromatic rings. The van der Waals surface area contributed by atoms with Gasteiger partial charge in [-0.1, -0.05) is 11.6 Å². The van der Waals surface area contributed by atoms with Crippen LogP contribution < -0.4 is 9.47 Å². The van der Waals surface area contributed by atoms with Crippen molar-refractivity contribution in [3.63, 3.8) is 0 Å². The van der Waals surface area contributed by atoms with Crippen molar-refractivity contribution in [3.8, 4) is 22.9 Å². The van der Waals surface area contributed by atoms with Gasteiger partial charge in [0.25, 0.3) is 0 Å². The van der Waals surface area contributed by atoms with E-state index in [0.29, 0.717) is 22.6 Å². The number of hydrogen-bond acceptors (Lipinski definition) is 4. The molecule has 0 radical (unpaired) electrons. The summed E-state index contributed by atoms with van der Waals surface area (Å²) in [5, 5.41) is 0.510. The Hall–Kier alpha value is -0.600. The zero-order valence-corrected chi connectivity index (χ0v) is 15.2. The second-order valence-corrected chi connectivity index (χ2v) is 7.29. The highest BCUT2D eigenvalue weighted by molar-refractivity contribution is 14.1. The van der Waals surface area contributed by atoms with Gasteiger partial charge in [0.2, 0.25) is 6.79 Å². The average Bonchev–Trinajstić information content (AvgIpc) is 3.19. The molecule has 1 fully saturated rings. The zero-order valence-electron chi connectivity index (χ0n) is 10.7. The van der Waals surface area contributed by atoms with Gasteiger partial charge in [-0.05, 0) is 63.5 Å². The number of benzene rings is 1. The lowest BCUT2D eigenvalue weighted by atomic mass is 10.1. The molecule has 1 aromatic carbocycles. The van der Waals surface area contributed by atoms with Gasteiger partial charge in [-0.3, -0.25) is 0 Å². The van der Waals surface area contributed by atoms with Gasteiger partial charge in [-0.15, -0.1) is 0 Å². The van der Waals surface area contributed by atoms with E-state index in [1.54, 1.807) is 0 Å². The van der Waals surface area contributed by atoms with Crippen molar-refractivity contribution in [3.05, 3.63) is 31.0 Å². The van der Waals surface area contributed by atoms with Gasteiger partial charge in [-0.2, -0.15) is 0 Å². The average molecular weight is 479 g/mol. The van der Waals surface area contributed by atoms with E-state index in [2.05, 4.69) is 43.5 Å². The molecule has 108 valence electrons. The first-order chi connectivity index (χ1) is 10.1. The molecule has 4 nitrogen and oxygen atoms in total. The summed E-state index contributed by atoms with van der Waals surface area (Å²) in [5.74, 6) is 2.57. The first-order valence-electron chi connectivity index (χ1n) is 6.46. The van der Waals surface area contributed by atoms with Gasteiger partial charge in [0, 0.05) is 11.5 Å². The van der Waals surface area contributed by atoms with Crippen molar-refractivity contribution in [2.45, 2.75) is 18.8 Å². The molecule has 21 heavy (non-hydrogen) atoms. The third-order valence-corrected chi connectivity index (χ3v) is 5.73. The minimum atomic E-state index is 0.235. The lowest BCUT2D eigenvalue weighted by Gasteiger charge is -2.09. The van der Waals surface area contributed by atoms with Crippen LogP contribution in [0.15, 0.2) is 16.6 Å². The lowest BCUT2D eigenvalue weighted by Crippen LogP contribution is -1.99. The summed E-state index contributed by atoms with van der Waals surface area (Å²) in [4.78, 5) is 9.12. The minimum Gasteiger partial charge on any atom is -0.454 e. The topological polar surface area (TPSA) is 44.2 Å². The highest BCUT2D eigenvalue weighted by Gasteiger charge is 2.29. The Morgan fingerprint density at radius 2 is 2.05 bits per heavy atom. The maximum Gasteiger partial charge on any atom is 0.231 e. The van der Waals surface area contributed by atoms with Crippen molar-refractivity contribution in [2.75, 3.05) is 6.79 Å². The standard InChI is InChI=1S/C14H9BrClIN2O2/c15-8-3-7(4-9-12(8)21-5-20-9)14-18-11(6-1-2-6)10(17)13(16)19-14/h3-4,6H,1-2,5H2. The van der Waals surface area contributed by atoms with Gasteiger partial charge in [-0.25, -0.2) is 9.97 Å². The lowest BCUT2D eigenvalue weighted by molar-refractivity contribution is 0.173. The number of nitrogens with zero attached hydrogens (tertiary/aromatic N) is 2. The van der Waals surface area contributed by atoms with Crippen molar-refractivity contribution < 1.29 is 9.47 Å². The normalized spacial score (nSPS) is 16.3. The molecule has 7 heteroatoms. The molecule has 0 spiro atoms. The quantitative estimate of drug-likeness (QED) is 0.460. The predicted molar refractivity (Wildman–Crippen MR) is 91.0 cm³/mol. The van der Waals surface area contributed by atoms with Crippen LogP contribution in [-0.2, 0) is 0 Å². The number of halogens is 3. The van der Waals surface area contributed by atoms with Crippen LogP contribution in [0, 0.1) is 3.57 Å². The Morgan fingerprint density at radius 1 is 1.24 bits per heavy atom. The summed E-state index contributed by atoms with van der Waals surface area (Å²) >= 11 is 12.0. The van der Waals surface area contributed by atoms with E-state index in [1.807, 2.05) is 12.1 Å². The molecule has 1 aliphatic heterocycles. The van der Waals surface area contributed by atoms with Gasteiger partial charge in [0.1, 0.15) is 5.15 Å². The molecule has 1 saturated carbocycles. The van der Waals surface area contributed by atoms with Crippen LogP contribution in [0.2, 0.25) is 5.15 Å². The Labute approximate surface area is 148 Å². The zero-order chi connectivity index (χ0) is 14.6. The van der Waals surface area contributed by atoms with E-state index in [0.717, 1.165) is 25.0 Å². The highest BCUT2D eigenvalue weighted by atomic mass is 127. The van der Waals surface area contributed by atoms with Crippen LogP contribution in [0.3, 0.4) is 0 Å². The molecule has 2 aliphatic rings. The van der Waals surface area contributed by atoms with Crippen molar-refractivity contribution in [2.24, 2.45) is 0 Å². The summed E-state index contributed by atoms with van der Waals surface area (Å²) in [6.45, 7) is 0.235. The summed E-state index contributed by atoms with van der Waals surface area (Å²) in [7, 11) is 0. The maximum absolute atomic E-state index is 6.27. The molecule has 0 amide bonds. The fourth-order valence-corrected chi connectivity index (χ4v) is 3.70. The van der Waals surface area contributed by atoms with Crippen LogP contribution in [0.1, 0.15) is 24.5 Å². The maximum atomic E-state index is 6.27. The molecule has 0 unspecified atom stereocenters. The monoisotopic (exact) mass is 478 g/mol. The fourth-order valence-electron chi connectivity index (χ4n) is 2.29. The van der Waals surface area contributed by atoms with Crippen molar-refractivity contribution in [1.82, 2.24) is 9.97 Å². The number of rotatable bonds is 2. The molecule has 2 heterocycles. The van der Waals surface area contributed by atoms with Crippen LogP contribution in [0.4, 0.5) is 0 Å². The van der Waals surface area contributed by atoms with Gasteiger partial charge >= 0.3 is 0 Å². The first kappa shape index (κ1) is 14.0. The van der Waals surface area contributed by atoms with E-state index in [-0.39, 0.29) is 6.79 Å². The van der Waals surface area contributed by atoms with Gasteiger partial charge in [0.15, 0.2) is 17.3 Å². The summed E-state index contributed by atoms with van der Waals surface area (Å²) in [6.07, 6.45) is 2.35. The van der Waals surface area contributed by atoms with Gasteiger partial charge < -0.3 is 9.47 Å². The van der Waals surface area contributed by atoms with Crippen molar-refractivity contribution in [1.29, 1.82) is 0 Å². The number of aromatic nitrogens is 2. The smallest absolute Gasteiger partial charge is 0.231 e. The molecule has 4 rings (SSSR count). The van der Waals surface area contributed by atoms with Crippen LogP contribution in [-0.4, -0.2) is 16.8 Å². The van der Waals surface area contributed by atoms with Crippen LogP contribution >= 0.6 is 50.1 Å². The summed E-state index contributed by atoms with van der Waals surface area (Å²) in [5.41, 5.74) is 1.92. The van der Waals surface area contributed by atoms with E-state index in [4.69, 9.17) is 26.1 Å². The van der Waals surface area contributed by atoms with Crippen LogP contribution in [0.5, 0.6) is 11.5 Å². The van der Waals surface area contributed by atoms with E-state index in [1.165, 1.54) is 12.8 Å². The Bertz CT molecular complexity index is 752. The second kappa shape index (κ2) is 5.24. The second-order valence-electron chi connectivity index (χ2n) is 5.00. The summed E-state index contributed by atoms with van der Waals surface area (Å²) in [6, 6.07) is 3.82.